The number of aromatic nitrogens is 3. The predicted octanol–water partition coefficient (Wildman–Crippen LogP) is 2.37. The Balaban J connectivity index is 1.76. The minimum Gasteiger partial charge on any atom is -0.355 e. The van der Waals surface area contributed by atoms with E-state index in [0.29, 0.717) is 11.7 Å². The summed E-state index contributed by atoms with van der Waals surface area (Å²) < 4.78 is 27.2. The number of imidazole rings is 1. The van der Waals surface area contributed by atoms with Crippen LogP contribution in [-0.4, -0.2) is 42.4 Å². The van der Waals surface area contributed by atoms with Crippen LogP contribution < -0.4 is 9.62 Å². The summed E-state index contributed by atoms with van der Waals surface area (Å²) in [4.78, 5) is 6.59. The fraction of sp³-hybridized carbons (Fsp3) is 0.294. The molecule has 0 radical (unpaired) electrons. The molecular formula is C17H19N5O2S. The van der Waals surface area contributed by atoms with E-state index in [1.165, 1.54) is 12.8 Å². The molecule has 2 heterocycles. The number of anilines is 2. The molecule has 0 bridgehead atoms. The van der Waals surface area contributed by atoms with E-state index < -0.39 is 10.0 Å². The van der Waals surface area contributed by atoms with Crippen molar-refractivity contribution in [3.05, 3.63) is 42.6 Å². The molecule has 2 aromatic heterocycles. The van der Waals surface area contributed by atoms with Crippen LogP contribution in [0.5, 0.6) is 0 Å². The summed E-state index contributed by atoms with van der Waals surface area (Å²) in [5.74, 6) is 0.902. The number of nitrogens with zero attached hydrogens (tertiary/aromatic N) is 4. The highest BCUT2D eigenvalue weighted by Gasteiger charge is 2.27. The summed E-state index contributed by atoms with van der Waals surface area (Å²) in [6, 6.07) is 11.7. The Morgan fingerprint density at radius 2 is 2.04 bits per heavy atom. The first-order valence-corrected chi connectivity index (χ1v) is 9.96. The van der Waals surface area contributed by atoms with Crippen LogP contribution in [0.2, 0.25) is 0 Å². The molecule has 130 valence electrons. The van der Waals surface area contributed by atoms with Crippen molar-refractivity contribution in [2.45, 2.75) is 18.9 Å². The molecule has 0 aliphatic heterocycles. The van der Waals surface area contributed by atoms with E-state index in [-0.39, 0.29) is 0 Å². The van der Waals surface area contributed by atoms with Crippen LogP contribution >= 0.6 is 0 Å². The SMILES string of the molecule is CN(c1ccc2ncc(-c3cccc(NS(C)(=O)=O)c3)n2n1)C1CC1. The minimum atomic E-state index is -3.32. The monoisotopic (exact) mass is 357 g/mol. The summed E-state index contributed by atoms with van der Waals surface area (Å²) >= 11 is 0. The lowest BCUT2D eigenvalue weighted by molar-refractivity contribution is 0.607. The van der Waals surface area contributed by atoms with Gasteiger partial charge in [0.1, 0.15) is 5.82 Å². The molecule has 25 heavy (non-hydrogen) atoms. The predicted molar refractivity (Wildman–Crippen MR) is 98.3 cm³/mol. The maximum Gasteiger partial charge on any atom is 0.229 e. The molecule has 4 rings (SSSR count). The zero-order valence-corrected chi connectivity index (χ0v) is 14.9. The quantitative estimate of drug-likeness (QED) is 0.758. The lowest BCUT2D eigenvalue weighted by atomic mass is 10.1. The standard InChI is InChI=1S/C17H19N5O2S/c1-21(14-6-7-14)17-9-8-16-18-11-15(22(16)19-17)12-4-3-5-13(10-12)20-25(2,23)24/h3-5,8-11,14,20H,6-7H2,1-2H3. The van der Waals surface area contributed by atoms with Crippen molar-refractivity contribution in [2.75, 3.05) is 22.9 Å². The number of fused-ring (bicyclic) bond motifs is 1. The van der Waals surface area contributed by atoms with Gasteiger partial charge in [-0.25, -0.2) is 17.9 Å². The van der Waals surface area contributed by atoms with Crippen LogP contribution in [0.25, 0.3) is 16.9 Å². The van der Waals surface area contributed by atoms with Crippen LogP contribution in [-0.2, 0) is 10.0 Å². The van der Waals surface area contributed by atoms with E-state index in [2.05, 4.69) is 21.7 Å². The molecule has 0 saturated heterocycles. The van der Waals surface area contributed by atoms with Crippen molar-refractivity contribution >= 4 is 27.2 Å². The van der Waals surface area contributed by atoms with E-state index in [0.717, 1.165) is 29.0 Å². The van der Waals surface area contributed by atoms with Gasteiger partial charge in [-0.2, -0.15) is 0 Å². The van der Waals surface area contributed by atoms with E-state index in [1.54, 1.807) is 22.8 Å². The third kappa shape index (κ3) is 3.30. The van der Waals surface area contributed by atoms with Gasteiger partial charge >= 0.3 is 0 Å². The van der Waals surface area contributed by atoms with E-state index >= 15 is 0 Å². The lowest BCUT2D eigenvalue weighted by Gasteiger charge is -2.17. The van der Waals surface area contributed by atoms with E-state index in [4.69, 9.17) is 5.10 Å². The molecule has 0 amide bonds. The summed E-state index contributed by atoms with van der Waals surface area (Å²) in [7, 11) is -1.27. The van der Waals surface area contributed by atoms with Crippen LogP contribution in [0.1, 0.15) is 12.8 Å². The minimum absolute atomic E-state index is 0.515. The Kier molecular flexibility index (Phi) is 3.64. The Bertz CT molecular complexity index is 1040. The van der Waals surface area contributed by atoms with Gasteiger partial charge in [0.2, 0.25) is 10.0 Å². The van der Waals surface area contributed by atoms with Gasteiger partial charge in [-0.1, -0.05) is 12.1 Å². The molecule has 1 aromatic carbocycles. The number of nitrogens with one attached hydrogen (secondary N) is 1. The molecule has 1 aliphatic rings. The normalized spacial score (nSPS) is 14.6. The van der Waals surface area contributed by atoms with Crippen LogP contribution in [0.15, 0.2) is 42.6 Å². The second-order valence-corrected chi connectivity index (χ2v) is 8.15. The number of hydrogen-bond donors (Lipinski definition) is 1. The first-order chi connectivity index (χ1) is 11.9. The summed E-state index contributed by atoms with van der Waals surface area (Å²) in [6.07, 6.45) is 5.29. The van der Waals surface area contributed by atoms with E-state index in [9.17, 15) is 8.42 Å². The fourth-order valence-corrected chi connectivity index (χ4v) is 3.41. The Morgan fingerprint density at radius 3 is 2.76 bits per heavy atom. The second kappa shape index (κ2) is 5.73. The van der Waals surface area contributed by atoms with Crippen LogP contribution in [0, 0.1) is 0 Å². The third-order valence-corrected chi connectivity index (χ3v) is 4.87. The molecule has 0 spiro atoms. The van der Waals surface area contributed by atoms with Gasteiger partial charge in [0.05, 0.1) is 18.1 Å². The largest absolute Gasteiger partial charge is 0.355 e. The van der Waals surface area contributed by atoms with Crippen molar-refractivity contribution in [3.63, 3.8) is 0 Å². The fourth-order valence-electron chi connectivity index (χ4n) is 2.85. The number of rotatable bonds is 5. The first-order valence-electron chi connectivity index (χ1n) is 8.06. The van der Waals surface area contributed by atoms with Crippen molar-refractivity contribution in [1.29, 1.82) is 0 Å². The molecule has 1 fully saturated rings. The summed E-state index contributed by atoms with van der Waals surface area (Å²) in [6.45, 7) is 0. The second-order valence-electron chi connectivity index (χ2n) is 6.40. The average Bonchev–Trinajstić information content (AvgIpc) is 3.32. The Labute approximate surface area is 146 Å². The maximum absolute atomic E-state index is 11.5. The zero-order valence-electron chi connectivity index (χ0n) is 14.0. The Hall–Kier alpha value is -2.61. The number of sulfonamides is 1. The highest BCUT2D eigenvalue weighted by Crippen LogP contribution is 2.30. The van der Waals surface area contributed by atoms with Crippen LogP contribution in [0.4, 0.5) is 11.5 Å². The molecule has 7 nitrogen and oxygen atoms in total. The Morgan fingerprint density at radius 1 is 1.24 bits per heavy atom. The molecule has 1 saturated carbocycles. The number of hydrogen-bond acceptors (Lipinski definition) is 5. The molecule has 0 unspecified atom stereocenters. The van der Waals surface area contributed by atoms with Crippen LogP contribution in [0.3, 0.4) is 0 Å². The molecule has 1 aliphatic carbocycles. The number of benzene rings is 1. The molecule has 8 heteroatoms. The van der Waals surface area contributed by atoms with Crippen molar-refractivity contribution in [1.82, 2.24) is 14.6 Å². The third-order valence-electron chi connectivity index (χ3n) is 4.27. The van der Waals surface area contributed by atoms with Crippen molar-refractivity contribution < 1.29 is 8.42 Å². The van der Waals surface area contributed by atoms with Gasteiger partial charge in [0.25, 0.3) is 0 Å². The summed E-state index contributed by atoms with van der Waals surface area (Å²) in [5.41, 5.74) is 2.93. The van der Waals surface area contributed by atoms with Gasteiger partial charge in [-0.15, -0.1) is 5.10 Å². The molecule has 0 atom stereocenters. The first kappa shape index (κ1) is 15.9. The summed E-state index contributed by atoms with van der Waals surface area (Å²) in [5, 5.41) is 4.72. The smallest absolute Gasteiger partial charge is 0.229 e. The molecular weight excluding hydrogens is 338 g/mol. The molecule has 3 aromatic rings. The van der Waals surface area contributed by atoms with Crippen molar-refractivity contribution in [3.8, 4) is 11.3 Å². The zero-order chi connectivity index (χ0) is 17.6. The van der Waals surface area contributed by atoms with Gasteiger partial charge in [0, 0.05) is 24.3 Å². The van der Waals surface area contributed by atoms with Gasteiger partial charge in [0.15, 0.2) is 5.65 Å². The van der Waals surface area contributed by atoms with E-state index in [1.807, 2.05) is 24.3 Å². The average molecular weight is 357 g/mol. The topological polar surface area (TPSA) is 79.6 Å². The maximum atomic E-state index is 11.5. The molecule has 1 N–H and O–H groups in total. The van der Waals surface area contributed by atoms with Gasteiger partial charge in [-0.3, -0.25) is 4.72 Å². The van der Waals surface area contributed by atoms with Gasteiger partial charge < -0.3 is 4.90 Å². The van der Waals surface area contributed by atoms with Crippen molar-refractivity contribution in [2.24, 2.45) is 0 Å². The van der Waals surface area contributed by atoms with Gasteiger partial charge in [-0.05, 0) is 37.1 Å². The highest BCUT2D eigenvalue weighted by molar-refractivity contribution is 7.92. The lowest BCUT2D eigenvalue weighted by Crippen LogP contribution is -2.21. The highest BCUT2D eigenvalue weighted by atomic mass is 32.2.